The number of unbranched alkanes of at least 4 members (excludes halogenated alkanes) is 29. The molecule has 0 saturated heterocycles. The smallest absolute Gasteiger partial charge is 0.462 e. The van der Waals surface area contributed by atoms with Crippen molar-refractivity contribution in [3.63, 3.8) is 0 Å². The van der Waals surface area contributed by atoms with Gasteiger partial charge in [-0.25, -0.2) is 9.13 Å². The number of ether oxygens (including phenoxy) is 4. The molecule has 0 aliphatic heterocycles. The second-order valence-electron chi connectivity index (χ2n) is 22.9. The van der Waals surface area contributed by atoms with Gasteiger partial charge in [0.2, 0.25) is 0 Å². The van der Waals surface area contributed by atoms with Gasteiger partial charge >= 0.3 is 39.5 Å². The normalized spacial score (nSPS) is 15.0. The van der Waals surface area contributed by atoms with Gasteiger partial charge in [-0.1, -0.05) is 253 Å². The van der Waals surface area contributed by atoms with Gasteiger partial charge in [0, 0.05) is 25.7 Å². The summed E-state index contributed by atoms with van der Waals surface area (Å²) in [6, 6.07) is 0. The van der Waals surface area contributed by atoms with Crippen molar-refractivity contribution in [3.8, 4) is 0 Å². The van der Waals surface area contributed by atoms with Gasteiger partial charge in [0.25, 0.3) is 0 Å². The van der Waals surface area contributed by atoms with Crippen LogP contribution in [0.5, 0.6) is 0 Å². The van der Waals surface area contributed by atoms with E-state index in [0.717, 1.165) is 108 Å². The standard InChI is InChI=1S/C62H120O17P2/c1-7-11-13-15-17-19-21-26-34-40-46-61(66)78-57(50-72-59(64)44-38-32-25-20-18-16-14-12-8-2)52-76-80(68,69)74-48-56(63)49-75-81(70,71)77-53-58(51-73-60(65)45-39-33-29-28-31-37-43-55(6)10-4)79-62(67)47-41-35-27-23-22-24-30-36-42-54(5)9-3/h54-58,63H,7-53H2,1-6H3,(H,68,69)(H,70,71)/t54?,55?,56-,57+,58+/m0/s1. The average Bonchev–Trinajstić information content (AvgIpc) is 3.44. The summed E-state index contributed by atoms with van der Waals surface area (Å²) >= 11 is 0. The quantitative estimate of drug-likeness (QED) is 0.0222. The van der Waals surface area contributed by atoms with Gasteiger partial charge in [-0.3, -0.25) is 37.3 Å². The molecule has 0 radical (unpaired) electrons. The average molecular weight is 1200 g/mol. The highest BCUT2D eigenvalue weighted by Gasteiger charge is 2.30. The van der Waals surface area contributed by atoms with Gasteiger partial charge in [0.1, 0.15) is 19.3 Å². The van der Waals surface area contributed by atoms with E-state index < -0.39 is 97.5 Å². The van der Waals surface area contributed by atoms with Crippen molar-refractivity contribution in [3.05, 3.63) is 0 Å². The number of phosphoric ester groups is 2. The first-order chi connectivity index (χ1) is 38.9. The minimum Gasteiger partial charge on any atom is -0.462 e. The molecule has 7 atom stereocenters. The zero-order chi connectivity index (χ0) is 60.1. The second-order valence-corrected chi connectivity index (χ2v) is 25.8. The zero-order valence-corrected chi connectivity index (χ0v) is 53.9. The number of carbonyl (C=O) groups excluding carboxylic acids is 4. The maximum absolute atomic E-state index is 12.9. The monoisotopic (exact) mass is 1200 g/mol. The molecular formula is C62H120O17P2. The van der Waals surface area contributed by atoms with Gasteiger partial charge in [0.15, 0.2) is 12.2 Å². The molecule has 17 nitrogen and oxygen atoms in total. The first-order valence-electron chi connectivity index (χ1n) is 32.6. The molecule has 0 aliphatic rings. The summed E-state index contributed by atoms with van der Waals surface area (Å²) in [6.45, 7) is 9.41. The van der Waals surface area contributed by atoms with Crippen molar-refractivity contribution in [1.82, 2.24) is 0 Å². The zero-order valence-electron chi connectivity index (χ0n) is 52.1. The Bertz CT molecular complexity index is 1600. The van der Waals surface area contributed by atoms with E-state index in [0.29, 0.717) is 25.7 Å². The number of hydrogen-bond donors (Lipinski definition) is 3. The first kappa shape index (κ1) is 79.1. The van der Waals surface area contributed by atoms with Gasteiger partial charge in [-0.15, -0.1) is 0 Å². The fourth-order valence-corrected chi connectivity index (χ4v) is 10.7. The number of phosphoric acid groups is 2. The van der Waals surface area contributed by atoms with Gasteiger partial charge < -0.3 is 33.8 Å². The molecule has 3 N–H and O–H groups in total. The largest absolute Gasteiger partial charge is 0.472 e. The third-order valence-corrected chi connectivity index (χ3v) is 16.8. The molecule has 0 aromatic heterocycles. The molecule has 81 heavy (non-hydrogen) atoms. The third-order valence-electron chi connectivity index (χ3n) is 14.9. The number of aliphatic hydroxyl groups is 1. The van der Waals surface area contributed by atoms with Crippen LogP contribution in [0.2, 0.25) is 0 Å². The summed E-state index contributed by atoms with van der Waals surface area (Å²) in [5.41, 5.74) is 0. The number of rotatable bonds is 61. The lowest BCUT2D eigenvalue weighted by Gasteiger charge is -2.21. The summed E-state index contributed by atoms with van der Waals surface area (Å²) in [5.74, 6) is -0.639. The molecule has 0 fully saturated rings. The van der Waals surface area contributed by atoms with E-state index in [-0.39, 0.29) is 25.7 Å². The van der Waals surface area contributed by atoms with E-state index in [1.807, 2.05) is 0 Å². The molecule has 0 aromatic rings. The van der Waals surface area contributed by atoms with E-state index in [1.165, 1.54) is 116 Å². The summed E-state index contributed by atoms with van der Waals surface area (Å²) < 4.78 is 67.9. The number of hydrogen-bond acceptors (Lipinski definition) is 15. The Labute approximate surface area is 492 Å². The molecular weight excluding hydrogens is 1080 g/mol. The first-order valence-corrected chi connectivity index (χ1v) is 35.6. The topological polar surface area (TPSA) is 237 Å². The van der Waals surface area contributed by atoms with Crippen LogP contribution in [0, 0.1) is 11.8 Å². The van der Waals surface area contributed by atoms with E-state index in [9.17, 15) is 43.2 Å². The summed E-state index contributed by atoms with van der Waals surface area (Å²) in [4.78, 5) is 72.1. The van der Waals surface area contributed by atoms with Crippen LogP contribution in [-0.4, -0.2) is 96.7 Å². The number of esters is 4. The Balaban J connectivity index is 5.25. The predicted octanol–water partition coefficient (Wildman–Crippen LogP) is 16.9. The lowest BCUT2D eigenvalue weighted by molar-refractivity contribution is -0.161. The number of carbonyl (C=O) groups is 4. The molecule has 0 aliphatic carbocycles. The van der Waals surface area contributed by atoms with Crippen molar-refractivity contribution >= 4 is 39.5 Å². The van der Waals surface area contributed by atoms with Gasteiger partial charge in [-0.2, -0.15) is 0 Å². The molecule has 0 saturated carbocycles. The Morgan fingerprint density at radius 2 is 0.593 bits per heavy atom. The fourth-order valence-electron chi connectivity index (χ4n) is 9.11. The van der Waals surface area contributed by atoms with Gasteiger partial charge in [0.05, 0.1) is 26.4 Å². The van der Waals surface area contributed by atoms with Crippen molar-refractivity contribution in [2.75, 3.05) is 39.6 Å². The molecule has 0 aromatic carbocycles. The molecule has 4 unspecified atom stereocenters. The molecule has 0 bridgehead atoms. The van der Waals surface area contributed by atoms with Crippen molar-refractivity contribution in [1.29, 1.82) is 0 Å². The lowest BCUT2D eigenvalue weighted by atomic mass is 9.99. The molecule has 0 heterocycles. The third kappa shape index (κ3) is 54.5. The van der Waals surface area contributed by atoms with Crippen LogP contribution >= 0.6 is 15.6 Å². The fraction of sp³-hybridized carbons (Fsp3) is 0.935. The van der Waals surface area contributed by atoms with Crippen LogP contribution in [0.25, 0.3) is 0 Å². The predicted molar refractivity (Wildman–Crippen MR) is 321 cm³/mol. The Kier molecular flexibility index (Phi) is 53.4. The molecule has 0 rings (SSSR count). The van der Waals surface area contributed by atoms with Crippen molar-refractivity contribution < 1.29 is 80.2 Å². The Morgan fingerprint density at radius 3 is 0.877 bits per heavy atom. The maximum Gasteiger partial charge on any atom is 0.472 e. The second kappa shape index (κ2) is 54.7. The summed E-state index contributed by atoms with van der Waals surface area (Å²) in [7, 11) is -9.88. The van der Waals surface area contributed by atoms with Crippen LogP contribution in [-0.2, 0) is 65.4 Å². The molecule has 0 amide bonds. The van der Waals surface area contributed by atoms with Crippen LogP contribution in [0.4, 0.5) is 0 Å². The highest BCUT2D eigenvalue weighted by Crippen LogP contribution is 2.45. The van der Waals surface area contributed by atoms with Crippen molar-refractivity contribution in [2.45, 2.75) is 323 Å². The lowest BCUT2D eigenvalue weighted by Crippen LogP contribution is -2.30. The highest BCUT2D eigenvalue weighted by molar-refractivity contribution is 7.47. The Morgan fingerprint density at radius 1 is 0.346 bits per heavy atom. The van der Waals surface area contributed by atoms with Crippen LogP contribution in [0.3, 0.4) is 0 Å². The summed E-state index contributed by atoms with van der Waals surface area (Å²) in [6.07, 6.45) is 36.1. The maximum atomic E-state index is 12.9. The van der Waals surface area contributed by atoms with Crippen LogP contribution < -0.4 is 0 Å². The van der Waals surface area contributed by atoms with E-state index >= 15 is 0 Å². The van der Waals surface area contributed by atoms with Crippen LogP contribution in [0.15, 0.2) is 0 Å². The number of aliphatic hydroxyl groups excluding tert-OH is 1. The van der Waals surface area contributed by atoms with Crippen LogP contribution in [0.1, 0.15) is 305 Å². The molecule has 480 valence electrons. The Hall–Kier alpha value is -1.94. The van der Waals surface area contributed by atoms with Crippen molar-refractivity contribution in [2.24, 2.45) is 11.8 Å². The minimum atomic E-state index is -4.94. The van der Waals surface area contributed by atoms with Gasteiger partial charge in [-0.05, 0) is 37.5 Å². The molecule has 0 spiro atoms. The highest BCUT2D eigenvalue weighted by atomic mass is 31.2. The summed E-state index contributed by atoms with van der Waals surface area (Å²) in [5, 5.41) is 10.5. The minimum absolute atomic E-state index is 0.104. The molecule has 19 heteroatoms. The van der Waals surface area contributed by atoms with E-state index in [1.54, 1.807) is 0 Å². The van der Waals surface area contributed by atoms with E-state index in [4.69, 9.17) is 37.0 Å². The van der Waals surface area contributed by atoms with E-state index in [2.05, 4.69) is 41.5 Å². The SMILES string of the molecule is CCCCCCCCCCCCC(=O)O[C@H](COC(=O)CCCCCCCCCCC)COP(=O)(O)OC[C@H](O)COP(=O)(O)OC[C@@H](COC(=O)CCCCCCCCC(C)CC)OC(=O)CCCCCCCCCCC(C)CC.